The molecular formula is C12H17FN2O2S. The molecule has 18 heavy (non-hydrogen) atoms. The van der Waals surface area contributed by atoms with E-state index in [0.717, 1.165) is 12.5 Å². The molecule has 4 nitrogen and oxygen atoms in total. The number of sulfonamides is 1. The van der Waals surface area contributed by atoms with E-state index in [9.17, 15) is 12.8 Å². The maximum absolute atomic E-state index is 13.5. The average Bonchev–Trinajstić information content (AvgIpc) is 2.79. The average molecular weight is 272 g/mol. The lowest BCUT2D eigenvalue weighted by atomic mass is 9.96. The van der Waals surface area contributed by atoms with Crippen molar-refractivity contribution in [3.05, 3.63) is 24.1 Å². The fourth-order valence-corrected chi connectivity index (χ4v) is 3.69. The van der Waals surface area contributed by atoms with Gasteiger partial charge in [0.2, 0.25) is 5.03 Å². The molecular weight excluding hydrogens is 255 g/mol. The van der Waals surface area contributed by atoms with Gasteiger partial charge in [0, 0.05) is 19.3 Å². The first kappa shape index (κ1) is 13.4. The van der Waals surface area contributed by atoms with Crippen molar-refractivity contribution in [2.75, 3.05) is 13.1 Å². The van der Waals surface area contributed by atoms with E-state index in [-0.39, 0.29) is 0 Å². The minimum absolute atomic E-state index is 0.339. The molecule has 0 aromatic carbocycles. The topological polar surface area (TPSA) is 50.3 Å². The monoisotopic (exact) mass is 272 g/mol. The van der Waals surface area contributed by atoms with Crippen LogP contribution in [-0.4, -0.2) is 30.8 Å². The molecule has 0 radical (unpaired) electrons. The van der Waals surface area contributed by atoms with E-state index >= 15 is 0 Å². The number of hydrogen-bond acceptors (Lipinski definition) is 3. The molecule has 1 aromatic rings. The maximum Gasteiger partial charge on any atom is 0.263 e. The van der Waals surface area contributed by atoms with Crippen LogP contribution in [-0.2, 0) is 10.0 Å². The van der Waals surface area contributed by atoms with E-state index in [1.165, 1.54) is 16.6 Å². The van der Waals surface area contributed by atoms with Crippen LogP contribution < -0.4 is 0 Å². The second-order valence-corrected chi connectivity index (χ2v) is 6.80. The predicted molar refractivity (Wildman–Crippen MR) is 65.9 cm³/mol. The van der Waals surface area contributed by atoms with E-state index in [1.54, 1.807) is 0 Å². The lowest BCUT2D eigenvalue weighted by molar-refractivity contribution is 0.386. The van der Waals surface area contributed by atoms with Crippen molar-refractivity contribution in [1.82, 2.24) is 9.29 Å². The molecule has 1 aliphatic rings. The van der Waals surface area contributed by atoms with Gasteiger partial charge in [-0.25, -0.2) is 17.8 Å². The van der Waals surface area contributed by atoms with Gasteiger partial charge in [0.25, 0.3) is 10.0 Å². The first-order chi connectivity index (χ1) is 8.43. The summed E-state index contributed by atoms with van der Waals surface area (Å²) in [5.74, 6) is -0.0178. The van der Waals surface area contributed by atoms with Gasteiger partial charge in [0.1, 0.15) is 0 Å². The summed E-state index contributed by atoms with van der Waals surface area (Å²) in [7, 11) is -3.79. The summed E-state index contributed by atoms with van der Waals surface area (Å²) in [6.45, 7) is 5.04. The Kier molecular flexibility index (Phi) is 3.68. The third-order valence-electron chi connectivity index (χ3n) is 3.44. The maximum atomic E-state index is 13.5. The third kappa shape index (κ3) is 2.40. The summed E-state index contributed by atoms with van der Waals surface area (Å²) >= 11 is 0. The molecule has 1 atom stereocenters. The van der Waals surface area contributed by atoms with E-state index in [1.807, 2.05) is 0 Å². The highest BCUT2D eigenvalue weighted by Gasteiger charge is 2.35. The van der Waals surface area contributed by atoms with E-state index in [4.69, 9.17) is 0 Å². The van der Waals surface area contributed by atoms with E-state index < -0.39 is 20.9 Å². The van der Waals surface area contributed by atoms with Crippen molar-refractivity contribution in [1.29, 1.82) is 0 Å². The highest BCUT2D eigenvalue weighted by Crippen LogP contribution is 2.28. The molecule has 1 saturated heterocycles. The van der Waals surface area contributed by atoms with Crippen LogP contribution in [0.15, 0.2) is 23.4 Å². The van der Waals surface area contributed by atoms with Gasteiger partial charge in [-0.3, -0.25) is 0 Å². The van der Waals surface area contributed by atoms with Crippen LogP contribution >= 0.6 is 0 Å². The highest BCUT2D eigenvalue weighted by atomic mass is 32.2. The van der Waals surface area contributed by atoms with E-state index in [0.29, 0.717) is 24.9 Å². The molecule has 0 spiro atoms. The van der Waals surface area contributed by atoms with Gasteiger partial charge in [0.15, 0.2) is 5.82 Å². The van der Waals surface area contributed by atoms with Crippen molar-refractivity contribution in [2.24, 2.45) is 11.8 Å². The Bertz CT molecular complexity index is 531. The quantitative estimate of drug-likeness (QED) is 0.844. The van der Waals surface area contributed by atoms with Gasteiger partial charge < -0.3 is 0 Å². The first-order valence-corrected chi connectivity index (χ1v) is 7.47. The molecule has 1 aliphatic heterocycles. The number of hydrogen-bond donors (Lipinski definition) is 0. The van der Waals surface area contributed by atoms with Crippen molar-refractivity contribution >= 4 is 10.0 Å². The second kappa shape index (κ2) is 4.93. The number of rotatable bonds is 3. The Morgan fingerprint density at radius 3 is 2.78 bits per heavy atom. The second-order valence-electron chi connectivity index (χ2n) is 4.95. The molecule has 2 rings (SSSR count). The smallest absolute Gasteiger partial charge is 0.241 e. The van der Waals surface area contributed by atoms with Crippen LogP contribution in [0.5, 0.6) is 0 Å². The number of halogens is 1. The van der Waals surface area contributed by atoms with Gasteiger partial charge in [-0.1, -0.05) is 13.8 Å². The zero-order valence-electron chi connectivity index (χ0n) is 10.5. The van der Waals surface area contributed by atoms with Crippen LogP contribution in [0.1, 0.15) is 20.3 Å². The summed E-state index contributed by atoms with van der Waals surface area (Å²) in [6, 6.07) is 2.51. The third-order valence-corrected chi connectivity index (χ3v) is 5.24. The molecule has 1 fully saturated rings. The zero-order valence-corrected chi connectivity index (χ0v) is 11.3. The molecule has 6 heteroatoms. The number of nitrogens with zero attached hydrogens (tertiary/aromatic N) is 2. The Balaban J connectivity index is 2.26. The molecule has 0 saturated carbocycles. The van der Waals surface area contributed by atoms with Crippen molar-refractivity contribution < 1.29 is 12.8 Å². The lowest BCUT2D eigenvalue weighted by Gasteiger charge is -2.17. The molecule has 1 unspecified atom stereocenters. The molecule has 0 aliphatic carbocycles. The largest absolute Gasteiger partial charge is 0.263 e. The molecule has 0 amide bonds. The highest BCUT2D eigenvalue weighted by molar-refractivity contribution is 7.89. The fourth-order valence-electron chi connectivity index (χ4n) is 2.20. The molecule has 1 aromatic heterocycles. The van der Waals surface area contributed by atoms with Crippen molar-refractivity contribution in [3.63, 3.8) is 0 Å². The Labute approximate surface area is 107 Å². The van der Waals surface area contributed by atoms with Gasteiger partial charge in [0.05, 0.1) is 0 Å². The summed E-state index contributed by atoms with van der Waals surface area (Å²) in [6.07, 6.45) is 2.12. The van der Waals surface area contributed by atoms with Gasteiger partial charge in [-0.05, 0) is 30.4 Å². The van der Waals surface area contributed by atoms with Crippen LogP contribution in [0.3, 0.4) is 0 Å². The summed E-state index contributed by atoms with van der Waals surface area (Å²) in [5, 5.41) is -0.464. The SMILES string of the molecule is CC(C)C1CCN(S(=O)(=O)c2ncccc2F)C1. The minimum atomic E-state index is -3.79. The van der Waals surface area contributed by atoms with Crippen LogP contribution in [0, 0.1) is 17.7 Å². The standard InChI is InChI=1S/C12H17FN2O2S/c1-9(2)10-5-7-15(8-10)18(16,17)12-11(13)4-3-6-14-12/h3-4,6,9-10H,5,7-8H2,1-2H3. The minimum Gasteiger partial charge on any atom is -0.241 e. The molecule has 0 N–H and O–H groups in total. The number of pyridine rings is 1. The summed E-state index contributed by atoms with van der Waals surface area (Å²) in [5.41, 5.74) is 0. The molecule has 100 valence electrons. The summed E-state index contributed by atoms with van der Waals surface area (Å²) in [4.78, 5) is 3.66. The van der Waals surface area contributed by atoms with Crippen LogP contribution in [0.2, 0.25) is 0 Å². The Morgan fingerprint density at radius 2 is 2.22 bits per heavy atom. The van der Waals surface area contributed by atoms with E-state index in [2.05, 4.69) is 18.8 Å². The first-order valence-electron chi connectivity index (χ1n) is 6.03. The number of aromatic nitrogens is 1. The zero-order chi connectivity index (χ0) is 13.3. The Morgan fingerprint density at radius 1 is 1.50 bits per heavy atom. The van der Waals surface area contributed by atoms with Gasteiger partial charge >= 0.3 is 0 Å². The summed E-state index contributed by atoms with van der Waals surface area (Å²) < 4.78 is 39.4. The van der Waals surface area contributed by atoms with Gasteiger partial charge in [-0.15, -0.1) is 0 Å². The molecule has 0 bridgehead atoms. The normalized spacial score (nSPS) is 21.7. The van der Waals surface area contributed by atoms with Crippen molar-refractivity contribution in [2.45, 2.75) is 25.3 Å². The lowest BCUT2D eigenvalue weighted by Crippen LogP contribution is -2.30. The van der Waals surface area contributed by atoms with Gasteiger partial charge in [-0.2, -0.15) is 4.31 Å². The van der Waals surface area contributed by atoms with Crippen LogP contribution in [0.25, 0.3) is 0 Å². The van der Waals surface area contributed by atoms with Crippen molar-refractivity contribution in [3.8, 4) is 0 Å². The Hall–Kier alpha value is -1.01. The fraction of sp³-hybridized carbons (Fsp3) is 0.583. The van der Waals surface area contributed by atoms with Crippen LogP contribution in [0.4, 0.5) is 4.39 Å². The predicted octanol–water partition coefficient (Wildman–Crippen LogP) is 1.89. The molecule has 2 heterocycles.